The van der Waals surface area contributed by atoms with Crippen molar-refractivity contribution in [1.29, 1.82) is 0 Å². The largest absolute Gasteiger partial charge is 0.450 e. The average molecular weight is 376 g/mol. The fourth-order valence-corrected chi connectivity index (χ4v) is 3.67. The van der Waals surface area contributed by atoms with Gasteiger partial charge in [0.1, 0.15) is 4.92 Å². The van der Waals surface area contributed by atoms with Crippen LogP contribution < -0.4 is 4.90 Å². The molecule has 0 bridgehead atoms. The number of anilines is 1. The van der Waals surface area contributed by atoms with Crippen LogP contribution in [0.5, 0.6) is 0 Å². The van der Waals surface area contributed by atoms with Crippen LogP contribution in [0, 0.1) is 10.1 Å². The van der Waals surface area contributed by atoms with Crippen LogP contribution in [0.2, 0.25) is 0 Å². The van der Waals surface area contributed by atoms with Crippen LogP contribution in [0.1, 0.15) is 23.9 Å². The van der Waals surface area contributed by atoms with Crippen LogP contribution in [-0.4, -0.2) is 35.2 Å². The van der Waals surface area contributed by atoms with E-state index in [1.54, 1.807) is 16.7 Å². The lowest BCUT2D eigenvalue weighted by Crippen LogP contribution is -2.35. The van der Waals surface area contributed by atoms with Crippen LogP contribution in [0.15, 0.2) is 45.7 Å². The van der Waals surface area contributed by atoms with Gasteiger partial charge in [0.05, 0.1) is 11.8 Å². The van der Waals surface area contributed by atoms with Crippen molar-refractivity contribution < 1.29 is 23.7 Å². The summed E-state index contributed by atoms with van der Waals surface area (Å²) in [6.45, 7) is 2.15. The standard InChI is InChI=1S/C17H16N2O6S/c1-11-8-9-18(12-4-2-3-5-14(12)26-11)15(20)10-24-17(21)13-6-7-16(25-13)19(22)23/h2-7,11H,8-10H2,1H3. The maximum Gasteiger partial charge on any atom is 0.433 e. The number of carbonyl (C=O) groups excluding carboxylic acids is 2. The number of nitro groups is 1. The van der Waals surface area contributed by atoms with Crippen molar-refractivity contribution in [3.63, 3.8) is 0 Å². The number of rotatable bonds is 4. The van der Waals surface area contributed by atoms with Crippen molar-refractivity contribution in [3.8, 4) is 0 Å². The Labute approximate surface area is 153 Å². The number of amides is 1. The van der Waals surface area contributed by atoms with E-state index in [-0.39, 0.29) is 11.7 Å². The molecule has 1 aromatic heterocycles. The molecule has 8 nitrogen and oxygen atoms in total. The number of hydrogen-bond donors (Lipinski definition) is 0. The van der Waals surface area contributed by atoms with Crippen molar-refractivity contribution in [2.75, 3.05) is 18.1 Å². The molecule has 0 fully saturated rings. The summed E-state index contributed by atoms with van der Waals surface area (Å²) in [6, 6.07) is 9.78. The van der Waals surface area contributed by atoms with E-state index in [2.05, 4.69) is 6.92 Å². The molecule has 2 aromatic rings. The number of esters is 1. The highest BCUT2D eigenvalue weighted by atomic mass is 32.2. The predicted octanol–water partition coefficient (Wildman–Crippen LogP) is 3.26. The zero-order valence-electron chi connectivity index (χ0n) is 13.9. The SMILES string of the molecule is CC1CCN(C(=O)COC(=O)c2ccc([N+](=O)[O-])o2)c2ccccc2S1. The number of para-hydroxylation sites is 1. The number of carbonyl (C=O) groups is 2. The second kappa shape index (κ2) is 7.61. The number of hydrogen-bond acceptors (Lipinski definition) is 7. The third-order valence-corrected chi connectivity index (χ3v) is 5.08. The Balaban J connectivity index is 1.68. The van der Waals surface area contributed by atoms with Gasteiger partial charge in [-0.05, 0) is 24.6 Å². The Hall–Kier alpha value is -2.81. The molecule has 0 aliphatic carbocycles. The highest BCUT2D eigenvalue weighted by Gasteiger charge is 2.26. The van der Waals surface area contributed by atoms with Crippen LogP contribution >= 0.6 is 11.8 Å². The summed E-state index contributed by atoms with van der Waals surface area (Å²) in [7, 11) is 0. The minimum Gasteiger partial charge on any atom is -0.450 e. The number of ether oxygens (including phenoxy) is 1. The van der Waals surface area contributed by atoms with E-state index >= 15 is 0 Å². The summed E-state index contributed by atoms with van der Waals surface area (Å²) in [6.07, 6.45) is 0.809. The van der Waals surface area contributed by atoms with E-state index in [1.807, 2.05) is 24.3 Å². The predicted molar refractivity (Wildman–Crippen MR) is 94.4 cm³/mol. The first-order valence-electron chi connectivity index (χ1n) is 7.93. The Morgan fingerprint density at radius 1 is 1.35 bits per heavy atom. The van der Waals surface area contributed by atoms with Crippen molar-refractivity contribution in [3.05, 3.63) is 52.3 Å². The molecule has 1 aromatic carbocycles. The normalized spacial score (nSPS) is 16.5. The summed E-state index contributed by atoms with van der Waals surface area (Å²) in [5.41, 5.74) is 0.788. The van der Waals surface area contributed by atoms with Crippen molar-refractivity contribution in [2.45, 2.75) is 23.5 Å². The molecule has 1 aliphatic rings. The van der Waals surface area contributed by atoms with Crippen LogP contribution in [0.25, 0.3) is 0 Å². The topological polar surface area (TPSA) is 103 Å². The first-order chi connectivity index (χ1) is 12.5. The Morgan fingerprint density at radius 3 is 2.85 bits per heavy atom. The summed E-state index contributed by atoms with van der Waals surface area (Å²) < 4.78 is 9.74. The molecule has 0 saturated carbocycles. The third-order valence-electron chi connectivity index (χ3n) is 3.84. The second-order valence-corrected chi connectivity index (χ2v) is 7.18. The lowest BCUT2D eigenvalue weighted by molar-refractivity contribution is -0.402. The maximum atomic E-state index is 12.6. The van der Waals surface area contributed by atoms with Gasteiger partial charge in [0.25, 0.3) is 5.91 Å². The van der Waals surface area contributed by atoms with Gasteiger partial charge < -0.3 is 14.1 Å². The van der Waals surface area contributed by atoms with E-state index in [4.69, 9.17) is 9.15 Å². The molecule has 1 unspecified atom stereocenters. The molecule has 2 heterocycles. The van der Waals surface area contributed by atoms with Gasteiger partial charge in [-0.1, -0.05) is 19.1 Å². The molecule has 1 atom stereocenters. The third kappa shape index (κ3) is 3.88. The molecule has 9 heteroatoms. The second-order valence-electron chi connectivity index (χ2n) is 5.70. The number of furan rings is 1. The average Bonchev–Trinajstić information content (AvgIpc) is 3.05. The van der Waals surface area contributed by atoms with Crippen LogP contribution in [-0.2, 0) is 9.53 Å². The van der Waals surface area contributed by atoms with E-state index in [1.165, 1.54) is 0 Å². The molecule has 0 spiro atoms. The van der Waals surface area contributed by atoms with E-state index in [0.29, 0.717) is 11.8 Å². The van der Waals surface area contributed by atoms with Crippen molar-refractivity contribution >= 4 is 35.2 Å². The lowest BCUT2D eigenvalue weighted by Gasteiger charge is -2.22. The minimum atomic E-state index is -0.919. The molecule has 0 radical (unpaired) electrons. The molecular weight excluding hydrogens is 360 g/mol. The van der Waals surface area contributed by atoms with Gasteiger partial charge in [0.15, 0.2) is 6.61 Å². The summed E-state index contributed by atoms with van der Waals surface area (Å²) in [5.74, 6) is -2.15. The van der Waals surface area contributed by atoms with Gasteiger partial charge >= 0.3 is 11.9 Å². The molecular formula is C17H16N2O6S. The summed E-state index contributed by atoms with van der Waals surface area (Å²) in [5, 5.41) is 10.9. The monoisotopic (exact) mass is 376 g/mol. The van der Waals surface area contributed by atoms with Gasteiger partial charge in [0, 0.05) is 16.7 Å². The minimum absolute atomic E-state index is 0.315. The van der Waals surface area contributed by atoms with Crippen molar-refractivity contribution in [2.24, 2.45) is 0 Å². The Kier molecular flexibility index (Phi) is 5.27. The fourth-order valence-electron chi connectivity index (χ4n) is 2.56. The molecule has 1 amide bonds. The van der Waals surface area contributed by atoms with Gasteiger partial charge in [0.2, 0.25) is 5.76 Å². The maximum absolute atomic E-state index is 12.6. The first kappa shape index (κ1) is 18.0. The number of benzene rings is 1. The highest BCUT2D eigenvalue weighted by molar-refractivity contribution is 8.00. The Morgan fingerprint density at radius 2 is 2.12 bits per heavy atom. The van der Waals surface area contributed by atoms with E-state index < -0.39 is 23.4 Å². The molecule has 136 valence electrons. The number of fused-ring (bicyclic) bond motifs is 1. The van der Waals surface area contributed by atoms with E-state index in [9.17, 15) is 19.7 Å². The fraction of sp³-hybridized carbons (Fsp3) is 0.294. The highest BCUT2D eigenvalue weighted by Crippen LogP contribution is 2.37. The summed E-state index contributed by atoms with van der Waals surface area (Å²) in [4.78, 5) is 36.9. The zero-order valence-corrected chi connectivity index (χ0v) is 14.7. The summed E-state index contributed by atoms with van der Waals surface area (Å²) >= 11 is 1.70. The van der Waals surface area contributed by atoms with Gasteiger partial charge in [-0.25, -0.2) is 4.79 Å². The van der Waals surface area contributed by atoms with Gasteiger partial charge in [-0.3, -0.25) is 14.9 Å². The Bertz CT molecular complexity index is 849. The first-order valence-corrected chi connectivity index (χ1v) is 8.81. The van der Waals surface area contributed by atoms with E-state index in [0.717, 1.165) is 29.1 Å². The lowest BCUT2D eigenvalue weighted by atomic mass is 10.2. The molecule has 26 heavy (non-hydrogen) atoms. The van der Waals surface area contributed by atoms with Crippen molar-refractivity contribution in [1.82, 2.24) is 0 Å². The smallest absolute Gasteiger partial charge is 0.433 e. The molecule has 0 N–H and O–H groups in total. The molecule has 0 saturated heterocycles. The molecule has 3 rings (SSSR count). The zero-order chi connectivity index (χ0) is 18.7. The van der Waals surface area contributed by atoms with Gasteiger partial charge in [-0.2, -0.15) is 0 Å². The number of nitrogens with zero attached hydrogens (tertiary/aromatic N) is 2. The van der Waals surface area contributed by atoms with Gasteiger partial charge in [-0.15, -0.1) is 11.8 Å². The number of thioether (sulfide) groups is 1. The van der Waals surface area contributed by atoms with Crippen LogP contribution in [0.3, 0.4) is 0 Å². The molecule has 1 aliphatic heterocycles. The quantitative estimate of drug-likeness (QED) is 0.458. The van der Waals surface area contributed by atoms with Crippen LogP contribution in [0.4, 0.5) is 11.6 Å².